The maximum atomic E-state index is 10.2. The average Bonchev–Trinajstić information content (AvgIpc) is 2.30. The highest BCUT2D eigenvalue weighted by molar-refractivity contribution is 5.17. The lowest BCUT2D eigenvalue weighted by molar-refractivity contribution is -0.393. The van der Waals surface area contributed by atoms with Crippen LogP contribution in [0.2, 0.25) is 0 Å². The molecule has 0 fully saturated rings. The van der Waals surface area contributed by atoms with Crippen LogP contribution in [-0.4, -0.2) is 19.6 Å². The van der Waals surface area contributed by atoms with Gasteiger partial charge < -0.3 is 15.2 Å². The molecule has 0 amide bonds. The summed E-state index contributed by atoms with van der Waals surface area (Å²) in [5.74, 6) is 0.240. The molecule has 1 aromatic rings. The molecular weight excluding hydrogens is 150 g/mol. The Morgan fingerprint density at radius 2 is 2.55 bits per heavy atom. The van der Waals surface area contributed by atoms with E-state index in [4.69, 9.17) is 5.11 Å². The van der Waals surface area contributed by atoms with Crippen LogP contribution < -0.4 is 0 Å². The van der Waals surface area contributed by atoms with Crippen molar-refractivity contribution in [3.63, 3.8) is 0 Å². The highest BCUT2D eigenvalue weighted by Crippen LogP contribution is 2.11. The van der Waals surface area contributed by atoms with Crippen LogP contribution in [0.5, 0.6) is 0 Å². The lowest BCUT2D eigenvalue weighted by Crippen LogP contribution is -2.03. The molecule has 0 aromatic carbocycles. The van der Waals surface area contributed by atoms with Gasteiger partial charge in [-0.25, -0.2) is 4.98 Å². The first kappa shape index (κ1) is 7.67. The van der Waals surface area contributed by atoms with Crippen molar-refractivity contribution in [1.82, 2.24) is 9.55 Å². The first-order chi connectivity index (χ1) is 5.16. The van der Waals surface area contributed by atoms with Crippen LogP contribution in [-0.2, 0) is 6.73 Å². The van der Waals surface area contributed by atoms with Crippen LogP contribution in [0.1, 0.15) is 5.82 Å². The molecular formula is C5H7N3O3. The van der Waals surface area contributed by atoms with E-state index in [1.54, 1.807) is 6.92 Å². The number of aryl methyl sites for hydroxylation is 1. The minimum Gasteiger partial charge on any atom is -0.358 e. The number of aliphatic hydroxyl groups excluding tert-OH is 1. The second-order valence-corrected chi connectivity index (χ2v) is 1.99. The fourth-order valence-corrected chi connectivity index (χ4v) is 0.777. The third-order valence-corrected chi connectivity index (χ3v) is 1.36. The minimum absolute atomic E-state index is 0.190. The highest BCUT2D eigenvalue weighted by Gasteiger charge is 2.15. The molecule has 0 aliphatic heterocycles. The number of imidazole rings is 1. The normalized spacial score (nSPS) is 10.0. The number of hydrogen-bond donors (Lipinski definition) is 1. The van der Waals surface area contributed by atoms with E-state index in [9.17, 15) is 10.1 Å². The van der Waals surface area contributed by atoms with E-state index < -0.39 is 11.7 Å². The first-order valence-electron chi connectivity index (χ1n) is 2.94. The van der Waals surface area contributed by atoms with Crippen LogP contribution in [0.3, 0.4) is 0 Å². The molecule has 0 atom stereocenters. The summed E-state index contributed by atoms with van der Waals surface area (Å²) in [4.78, 5) is 13.3. The molecule has 1 aromatic heterocycles. The van der Waals surface area contributed by atoms with Gasteiger partial charge in [-0.3, -0.25) is 0 Å². The third-order valence-electron chi connectivity index (χ3n) is 1.36. The van der Waals surface area contributed by atoms with Crippen molar-refractivity contribution in [1.29, 1.82) is 0 Å². The van der Waals surface area contributed by atoms with Crippen molar-refractivity contribution in [2.24, 2.45) is 0 Å². The second-order valence-electron chi connectivity index (χ2n) is 1.99. The second kappa shape index (κ2) is 2.67. The Balaban J connectivity index is 3.15. The molecule has 6 heteroatoms. The quantitative estimate of drug-likeness (QED) is 0.485. The predicted molar refractivity (Wildman–Crippen MR) is 35.8 cm³/mol. The lowest BCUT2D eigenvalue weighted by atomic mass is 10.7. The summed E-state index contributed by atoms with van der Waals surface area (Å²) in [7, 11) is 0. The Morgan fingerprint density at radius 3 is 2.91 bits per heavy atom. The van der Waals surface area contributed by atoms with Gasteiger partial charge in [-0.15, -0.1) is 0 Å². The van der Waals surface area contributed by atoms with Gasteiger partial charge >= 0.3 is 5.82 Å². The minimum atomic E-state index is -0.587. The van der Waals surface area contributed by atoms with E-state index in [2.05, 4.69) is 4.98 Å². The molecule has 0 radical (unpaired) electrons. The van der Waals surface area contributed by atoms with Gasteiger partial charge in [-0.1, -0.05) is 0 Å². The van der Waals surface area contributed by atoms with Crippen LogP contribution in [0.15, 0.2) is 6.20 Å². The molecule has 0 spiro atoms. The van der Waals surface area contributed by atoms with Crippen molar-refractivity contribution in [2.45, 2.75) is 13.7 Å². The maximum Gasteiger partial charge on any atom is 0.344 e. The van der Waals surface area contributed by atoms with E-state index in [1.807, 2.05) is 0 Å². The first-order valence-corrected chi connectivity index (χ1v) is 2.94. The van der Waals surface area contributed by atoms with Crippen molar-refractivity contribution < 1.29 is 10.0 Å². The molecule has 0 unspecified atom stereocenters. The van der Waals surface area contributed by atoms with E-state index in [0.717, 1.165) is 10.8 Å². The van der Waals surface area contributed by atoms with Crippen molar-refractivity contribution in [3.8, 4) is 0 Å². The van der Waals surface area contributed by atoms with Gasteiger partial charge in [-0.05, 0) is 4.92 Å². The number of aliphatic hydroxyl groups is 1. The molecule has 0 saturated heterocycles. The molecule has 1 rings (SSSR count). The summed E-state index contributed by atoms with van der Waals surface area (Å²) in [6, 6.07) is 0. The number of hydrogen-bond acceptors (Lipinski definition) is 4. The largest absolute Gasteiger partial charge is 0.358 e. The highest BCUT2D eigenvalue weighted by atomic mass is 16.6. The topological polar surface area (TPSA) is 81.2 Å². The zero-order valence-corrected chi connectivity index (χ0v) is 5.89. The lowest BCUT2D eigenvalue weighted by Gasteiger charge is -1.95. The van der Waals surface area contributed by atoms with Crippen LogP contribution in [0, 0.1) is 17.0 Å². The molecule has 60 valence electrons. The standard InChI is InChI=1S/C5H7N3O3/c1-4-6-2-5(8(10)11)7(4)3-9/h2,9H,3H2,1H3. The van der Waals surface area contributed by atoms with Gasteiger partial charge in [0, 0.05) is 6.92 Å². The average molecular weight is 157 g/mol. The maximum absolute atomic E-state index is 10.2. The molecule has 6 nitrogen and oxygen atoms in total. The van der Waals surface area contributed by atoms with Gasteiger partial charge in [0.05, 0.1) is 0 Å². The summed E-state index contributed by atoms with van der Waals surface area (Å²) in [6.45, 7) is 1.17. The van der Waals surface area contributed by atoms with E-state index >= 15 is 0 Å². The van der Waals surface area contributed by atoms with Gasteiger partial charge in [0.1, 0.15) is 6.20 Å². The molecule has 1 heterocycles. The number of aromatic nitrogens is 2. The number of nitrogens with zero attached hydrogens (tertiary/aromatic N) is 3. The summed E-state index contributed by atoms with van der Waals surface area (Å²) >= 11 is 0. The Bertz CT molecular complexity index is 281. The Labute approximate surface area is 62.2 Å². The number of rotatable bonds is 2. The Hall–Kier alpha value is -1.43. The van der Waals surface area contributed by atoms with Crippen LogP contribution in [0.4, 0.5) is 5.82 Å². The Kier molecular flexibility index (Phi) is 1.86. The Morgan fingerprint density at radius 1 is 1.91 bits per heavy atom. The SMILES string of the molecule is Cc1ncc([N+](=O)[O-])n1CO. The van der Waals surface area contributed by atoms with Gasteiger partial charge in [0.25, 0.3) is 0 Å². The van der Waals surface area contributed by atoms with E-state index in [0.29, 0.717) is 5.82 Å². The molecule has 0 aliphatic rings. The van der Waals surface area contributed by atoms with Crippen LogP contribution in [0.25, 0.3) is 0 Å². The monoisotopic (exact) mass is 157 g/mol. The smallest absolute Gasteiger partial charge is 0.344 e. The zero-order chi connectivity index (χ0) is 8.43. The summed E-state index contributed by atoms with van der Waals surface area (Å²) in [5.41, 5.74) is 0. The van der Waals surface area contributed by atoms with Crippen LogP contribution >= 0.6 is 0 Å². The molecule has 0 aliphatic carbocycles. The molecule has 1 N–H and O–H groups in total. The summed E-state index contributed by atoms with van der Waals surface area (Å²) in [5, 5.41) is 18.9. The molecule has 0 bridgehead atoms. The van der Waals surface area contributed by atoms with Gasteiger partial charge in [0.15, 0.2) is 12.6 Å². The fourth-order valence-electron chi connectivity index (χ4n) is 0.777. The van der Waals surface area contributed by atoms with Crippen molar-refractivity contribution in [2.75, 3.05) is 0 Å². The summed E-state index contributed by atoms with van der Waals surface area (Å²) in [6.07, 6.45) is 1.12. The fraction of sp³-hybridized carbons (Fsp3) is 0.400. The van der Waals surface area contributed by atoms with Crippen molar-refractivity contribution >= 4 is 5.82 Å². The van der Waals surface area contributed by atoms with Gasteiger partial charge in [-0.2, -0.15) is 4.57 Å². The predicted octanol–water partition coefficient (Wildman–Crippen LogP) is 0.0495. The van der Waals surface area contributed by atoms with Gasteiger partial charge in [0.2, 0.25) is 0 Å². The van der Waals surface area contributed by atoms with E-state index in [-0.39, 0.29) is 5.82 Å². The van der Waals surface area contributed by atoms with Crippen molar-refractivity contribution in [3.05, 3.63) is 22.1 Å². The number of nitro groups is 1. The zero-order valence-electron chi connectivity index (χ0n) is 5.89. The molecule has 0 saturated carbocycles. The molecule has 11 heavy (non-hydrogen) atoms. The summed E-state index contributed by atoms with van der Waals surface area (Å²) < 4.78 is 1.11. The third kappa shape index (κ3) is 1.20. The van der Waals surface area contributed by atoms with E-state index in [1.165, 1.54) is 0 Å².